The van der Waals surface area contributed by atoms with Gasteiger partial charge in [-0.05, 0) is 61.7 Å². The molecule has 6 rings (SSSR count). The fourth-order valence-corrected chi connectivity index (χ4v) is 6.36. The average Bonchev–Trinajstić information content (AvgIpc) is 3.23. The smallest absolute Gasteiger partial charge is 0.434 e. The molecule has 0 radical (unpaired) electrons. The molecule has 0 unspecified atom stereocenters. The molecule has 2 aromatic carbocycles. The van der Waals surface area contributed by atoms with E-state index >= 15 is 0 Å². The van der Waals surface area contributed by atoms with Crippen LogP contribution in [0.25, 0.3) is 0 Å². The number of hydroxylamine groups is 2. The summed E-state index contributed by atoms with van der Waals surface area (Å²) in [5.74, 6) is 0.304. The molecule has 11 nitrogen and oxygen atoms in total. The van der Waals surface area contributed by atoms with Gasteiger partial charge in [0.05, 0.1) is 0 Å². The van der Waals surface area contributed by atoms with Gasteiger partial charge in [-0.3, -0.25) is 14.6 Å². The number of piperidine rings is 1. The lowest BCUT2D eigenvalue weighted by Crippen LogP contribution is -2.54. The first-order chi connectivity index (χ1) is 19.9. The molecule has 4 aliphatic rings. The molecule has 1 atom stereocenters. The Bertz CT molecular complexity index is 1230. The molecule has 0 spiro atoms. The van der Waals surface area contributed by atoms with E-state index in [1.54, 1.807) is 12.1 Å². The zero-order valence-corrected chi connectivity index (χ0v) is 23.3. The summed E-state index contributed by atoms with van der Waals surface area (Å²) in [6, 6.07) is 16.3. The van der Waals surface area contributed by atoms with Crippen LogP contribution in [0, 0.1) is 5.92 Å². The third-order valence-corrected chi connectivity index (χ3v) is 8.76. The molecule has 11 heteroatoms. The Morgan fingerprint density at radius 3 is 2.24 bits per heavy atom. The number of imide groups is 1. The number of nitrogens with zero attached hydrogens (tertiary/aromatic N) is 6. The van der Waals surface area contributed by atoms with Gasteiger partial charge in [-0.2, -0.15) is 0 Å². The molecule has 41 heavy (non-hydrogen) atoms. The first kappa shape index (κ1) is 27.3. The van der Waals surface area contributed by atoms with Gasteiger partial charge >= 0.3 is 12.1 Å². The van der Waals surface area contributed by atoms with Crippen LogP contribution in [0.3, 0.4) is 0 Å². The lowest BCUT2D eigenvalue weighted by atomic mass is 9.95. The number of phenolic OH excluding ortho intramolecular Hbond substituents is 1. The number of piperazine rings is 2. The van der Waals surface area contributed by atoms with Crippen LogP contribution in [-0.2, 0) is 16.2 Å². The maximum Gasteiger partial charge on any atom is 0.434 e. The molecule has 218 valence electrons. The van der Waals surface area contributed by atoms with Crippen molar-refractivity contribution >= 4 is 23.7 Å². The monoisotopic (exact) mass is 562 g/mol. The number of rotatable bonds is 6. The highest BCUT2D eigenvalue weighted by Gasteiger charge is 2.50. The van der Waals surface area contributed by atoms with Crippen LogP contribution in [0.5, 0.6) is 5.75 Å². The van der Waals surface area contributed by atoms with Crippen LogP contribution in [0.1, 0.15) is 18.4 Å². The van der Waals surface area contributed by atoms with E-state index < -0.39 is 24.1 Å². The van der Waals surface area contributed by atoms with E-state index in [1.165, 1.54) is 15.4 Å². The van der Waals surface area contributed by atoms with E-state index in [2.05, 4.69) is 39.0 Å². The fourth-order valence-electron chi connectivity index (χ4n) is 6.36. The minimum atomic E-state index is -0.684. The van der Waals surface area contributed by atoms with Gasteiger partial charge in [0.1, 0.15) is 11.8 Å². The molecule has 4 saturated heterocycles. The predicted octanol–water partition coefficient (Wildman–Crippen LogP) is 2.43. The van der Waals surface area contributed by atoms with E-state index in [9.17, 15) is 19.5 Å². The van der Waals surface area contributed by atoms with E-state index in [0.717, 1.165) is 44.7 Å². The second-order valence-electron chi connectivity index (χ2n) is 11.4. The Kier molecular flexibility index (Phi) is 7.97. The number of amides is 4. The predicted molar refractivity (Wildman–Crippen MR) is 152 cm³/mol. The molecular formula is C30H38N6O5. The number of fused-ring (bicyclic) bond motifs is 1. The molecule has 4 amide bonds. The largest absolute Gasteiger partial charge is 0.508 e. The minimum absolute atomic E-state index is 0.204. The van der Waals surface area contributed by atoms with E-state index in [1.807, 2.05) is 18.2 Å². The van der Waals surface area contributed by atoms with Crippen molar-refractivity contribution in [3.63, 3.8) is 0 Å². The van der Waals surface area contributed by atoms with Gasteiger partial charge in [0.15, 0.2) is 0 Å². The van der Waals surface area contributed by atoms with Crippen LogP contribution in [0.4, 0.5) is 15.3 Å². The third kappa shape index (κ3) is 6.11. The number of carbonyl (C=O) groups excluding carboxylic acids is 3. The summed E-state index contributed by atoms with van der Waals surface area (Å²) in [4.78, 5) is 54.4. The summed E-state index contributed by atoms with van der Waals surface area (Å²) in [5.41, 5.74) is 2.30. The summed E-state index contributed by atoms with van der Waals surface area (Å²) < 4.78 is 0. The topological polar surface area (TPSA) is 100 Å². The minimum Gasteiger partial charge on any atom is -0.508 e. The number of urea groups is 1. The molecule has 0 aromatic heterocycles. The second-order valence-corrected chi connectivity index (χ2v) is 11.4. The van der Waals surface area contributed by atoms with Crippen molar-refractivity contribution in [3.8, 4) is 5.75 Å². The van der Waals surface area contributed by atoms with Crippen molar-refractivity contribution in [1.82, 2.24) is 24.7 Å². The van der Waals surface area contributed by atoms with Crippen LogP contribution in [0.2, 0.25) is 0 Å². The number of benzene rings is 2. The molecular weight excluding hydrogens is 524 g/mol. The number of carbonyl (C=O) groups is 3. The lowest BCUT2D eigenvalue weighted by Gasteiger charge is -2.39. The van der Waals surface area contributed by atoms with Crippen LogP contribution in [0.15, 0.2) is 54.6 Å². The van der Waals surface area contributed by atoms with Crippen molar-refractivity contribution in [2.24, 2.45) is 5.92 Å². The Balaban J connectivity index is 0.962. The first-order valence-electron chi connectivity index (χ1n) is 14.6. The molecule has 1 N–H and O–H groups in total. The first-order valence-corrected chi connectivity index (χ1v) is 14.6. The highest BCUT2D eigenvalue weighted by molar-refractivity contribution is 6.04. The van der Waals surface area contributed by atoms with Crippen molar-refractivity contribution in [1.29, 1.82) is 0 Å². The molecule has 2 aromatic rings. The zero-order valence-electron chi connectivity index (χ0n) is 23.3. The normalized spacial score (nSPS) is 22.8. The maximum atomic E-state index is 13.2. The number of aromatic hydroxyl groups is 1. The Morgan fingerprint density at radius 1 is 0.829 bits per heavy atom. The quantitative estimate of drug-likeness (QED) is 0.536. The molecule has 4 fully saturated rings. The molecule has 0 bridgehead atoms. The SMILES string of the molecule is O=C(ON1C(=O)[C@H]2CN(CC3CCN(Cc4ccccc4)CC3)CCN2C1=O)N1CCN(c2ccc(O)cc2)CC1. The summed E-state index contributed by atoms with van der Waals surface area (Å²) in [5, 5.41) is 10.2. The zero-order chi connectivity index (χ0) is 28.3. The third-order valence-electron chi connectivity index (χ3n) is 8.76. The Labute approximate surface area is 240 Å². The summed E-state index contributed by atoms with van der Waals surface area (Å²) in [6.45, 7) is 7.61. The average molecular weight is 563 g/mol. The second kappa shape index (κ2) is 12.0. The summed E-state index contributed by atoms with van der Waals surface area (Å²) in [7, 11) is 0. The highest BCUT2D eigenvalue weighted by Crippen LogP contribution is 2.26. The van der Waals surface area contributed by atoms with Gasteiger partial charge in [-0.15, -0.1) is 0 Å². The summed E-state index contributed by atoms with van der Waals surface area (Å²) in [6.07, 6.45) is 1.55. The van der Waals surface area contributed by atoms with Crippen molar-refractivity contribution in [2.45, 2.75) is 25.4 Å². The number of hydrogen-bond donors (Lipinski definition) is 1. The van der Waals surface area contributed by atoms with Gasteiger partial charge in [-0.25, -0.2) is 9.59 Å². The number of hydrogen-bond acceptors (Lipinski definition) is 8. The highest BCUT2D eigenvalue weighted by atomic mass is 16.7. The number of phenols is 1. The Hall–Kier alpha value is -3.83. The van der Waals surface area contributed by atoms with Crippen molar-refractivity contribution in [2.75, 3.05) is 70.3 Å². The van der Waals surface area contributed by atoms with Gasteiger partial charge in [-0.1, -0.05) is 35.4 Å². The Morgan fingerprint density at radius 2 is 1.54 bits per heavy atom. The van der Waals surface area contributed by atoms with Crippen LogP contribution in [-0.4, -0.2) is 119 Å². The number of anilines is 1. The molecule has 4 heterocycles. The van der Waals surface area contributed by atoms with Gasteiger partial charge in [0, 0.05) is 64.6 Å². The standard InChI is InChI=1S/C30H38N6O5/c37-26-8-6-25(7-9-26)33-15-17-34(18-16-33)30(40)41-36-28(38)27-22-32(14-19-35(27)29(36)39)21-24-10-12-31(13-11-24)20-23-4-2-1-3-5-23/h1-9,24,27,37H,10-22H2/t27-/m1/s1. The van der Waals surface area contributed by atoms with Crippen LogP contribution < -0.4 is 4.90 Å². The number of likely N-dealkylation sites (tertiary alicyclic amines) is 1. The van der Waals surface area contributed by atoms with Gasteiger partial charge < -0.3 is 24.6 Å². The van der Waals surface area contributed by atoms with Crippen molar-refractivity contribution < 1.29 is 24.3 Å². The van der Waals surface area contributed by atoms with Crippen molar-refractivity contribution in [3.05, 3.63) is 60.2 Å². The maximum absolute atomic E-state index is 13.2. The molecule has 4 aliphatic heterocycles. The van der Waals surface area contributed by atoms with Gasteiger partial charge in [0.2, 0.25) is 0 Å². The molecule has 0 aliphatic carbocycles. The van der Waals surface area contributed by atoms with E-state index in [4.69, 9.17) is 4.84 Å². The van der Waals surface area contributed by atoms with E-state index in [-0.39, 0.29) is 5.75 Å². The molecule has 0 saturated carbocycles. The fraction of sp³-hybridized carbons (Fsp3) is 0.500. The van der Waals surface area contributed by atoms with Crippen LogP contribution >= 0.6 is 0 Å². The van der Waals surface area contributed by atoms with E-state index in [0.29, 0.717) is 56.8 Å². The summed E-state index contributed by atoms with van der Waals surface area (Å²) >= 11 is 0. The lowest BCUT2D eigenvalue weighted by molar-refractivity contribution is -0.152. The van der Waals surface area contributed by atoms with Gasteiger partial charge in [0.25, 0.3) is 5.91 Å².